The second kappa shape index (κ2) is 6.33. The Kier molecular flexibility index (Phi) is 4.08. The molecule has 0 aromatic heterocycles. The molecular formula is C29H41NO4. The van der Waals surface area contributed by atoms with Gasteiger partial charge in [-0.3, -0.25) is 4.90 Å². The number of rotatable bonds is 4. The van der Waals surface area contributed by atoms with Gasteiger partial charge in [-0.25, -0.2) is 0 Å². The molecule has 1 saturated heterocycles. The van der Waals surface area contributed by atoms with E-state index in [0.717, 1.165) is 44.6 Å². The highest BCUT2D eigenvalue weighted by Gasteiger charge is 2.82. The van der Waals surface area contributed by atoms with E-state index in [0.29, 0.717) is 11.8 Å². The lowest BCUT2D eigenvalue weighted by atomic mass is 9.33. The second-order valence-corrected chi connectivity index (χ2v) is 13.8. The minimum absolute atomic E-state index is 0.0294. The summed E-state index contributed by atoms with van der Waals surface area (Å²) in [5.74, 6) is 1.80. The fourth-order valence-electron chi connectivity index (χ4n) is 9.58. The lowest BCUT2D eigenvalue weighted by molar-refractivity contribution is -0.312. The Bertz CT molecular complexity index is 1060. The Morgan fingerprint density at radius 1 is 1.15 bits per heavy atom. The Morgan fingerprint density at radius 2 is 1.91 bits per heavy atom. The van der Waals surface area contributed by atoms with Crippen molar-refractivity contribution in [2.24, 2.45) is 22.7 Å². The molecule has 2 heterocycles. The van der Waals surface area contributed by atoms with Crippen LogP contribution in [0.4, 0.5) is 0 Å². The number of aliphatic hydroxyl groups is 1. The van der Waals surface area contributed by atoms with Crippen LogP contribution in [0.1, 0.15) is 77.3 Å². The van der Waals surface area contributed by atoms with E-state index in [9.17, 15) is 10.2 Å². The fraction of sp³-hybridized carbons (Fsp3) is 0.793. The molecule has 7 atom stereocenters. The minimum Gasteiger partial charge on any atom is -0.504 e. The lowest BCUT2D eigenvalue weighted by Crippen LogP contribution is -2.83. The summed E-state index contributed by atoms with van der Waals surface area (Å²) < 4.78 is 13.5. The van der Waals surface area contributed by atoms with Crippen molar-refractivity contribution in [1.29, 1.82) is 0 Å². The van der Waals surface area contributed by atoms with Gasteiger partial charge in [-0.15, -0.1) is 0 Å². The summed E-state index contributed by atoms with van der Waals surface area (Å²) >= 11 is 0. The average Bonchev–Trinajstić information content (AvgIpc) is 3.53. The monoisotopic (exact) mass is 467 g/mol. The molecule has 2 spiro atoms. The van der Waals surface area contributed by atoms with Gasteiger partial charge in [0.2, 0.25) is 0 Å². The first-order chi connectivity index (χ1) is 16.0. The molecule has 7 aliphatic rings. The van der Waals surface area contributed by atoms with E-state index in [1.54, 1.807) is 0 Å². The highest BCUT2D eigenvalue weighted by Crippen LogP contribution is 2.78. The molecule has 5 nitrogen and oxygen atoms in total. The van der Waals surface area contributed by atoms with Crippen LogP contribution in [-0.4, -0.2) is 58.7 Å². The molecule has 1 aromatic carbocycles. The highest BCUT2D eigenvalue weighted by atomic mass is 16.6. The summed E-state index contributed by atoms with van der Waals surface area (Å²) in [5, 5.41) is 23.2. The zero-order chi connectivity index (χ0) is 23.9. The van der Waals surface area contributed by atoms with Crippen LogP contribution >= 0.6 is 0 Å². The predicted octanol–water partition coefficient (Wildman–Crippen LogP) is 4.41. The molecule has 2 N–H and O–H groups in total. The molecule has 5 fully saturated rings. The highest BCUT2D eigenvalue weighted by molar-refractivity contribution is 5.63. The van der Waals surface area contributed by atoms with E-state index >= 15 is 0 Å². The number of piperidine rings is 1. The van der Waals surface area contributed by atoms with E-state index in [2.05, 4.69) is 31.7 Å². The third kappa shape index (κ3) is 2.25. The summed E-state index contributed by atoms with van der Waals surface area (Å²) in [6.07, 6.45) is 7.64. The van der Waals surface area contributed by atoms with Crippen LogP contribution in [0.3, 0.4) is 0 Å². The Labute approximate surface area is 203 Å². The van der Waals surface area contributed by atoms with Crippen molar-refractivity contribution in [3.8, 4) is 11.5 Å². The van der Waals surface area contributed by atoms with Gasteiger partial charge < -0.3 is 19.7 Å². The smallest absolute Gasteiger partial charge is 0.165 e. The number of nitrogens with zero attached hydrogens (tertiary/aromatic N) is 1. The van der Waals surface area contributed by atoms with Gasteiger partial charge in [0.05, 0.1) is 5.60 Å². The quantitative estimate of drug-likeness (QED) is 0.687. The number of phenolic OH excluding ortho intramolecular Hbond substituents is 1. The maximum atomic E-state index is 12.2. The number of aromatic hydroxyl groups is 1. The summed E-state index contributed by atoms with van der Waals surface area (Å²) in [6, 6.07) is 4.46. The molecule has 3 unspecified atom stereocenters. The predicted molar refractivity (Wildman–Crippen MR) is 130 cm³/mol. The summed E-state index contributed by atoms with van der Waals surface area (Å²) in [6.45, 7) is 10.8. The van der Waals surface area contributed by atoms with Gasteiger partial charge in [-0.2, -0.15) is 0 Å². The summed E-state index contributed by atoms with van der Waals surface area (Å²) in [7, 11) is 1.83. The van der Waals surface area contributed by atoms with Gasteiger partial charge in [0.25, 0.3) is 0 Å². The molecule has 0 amide bonds. The molecule has 5 heteroatoms. The van der Waals surface area contributed by atoms with E-state index in [-0.39, 0.29) is 34.0 Å². The van der Waals surface area contributed by atoms with Crippen molar-refractivity contribution in [2.75, 3.05) is 20.2 Å². The van der Waals surface area contributed by atoms with Gasteiger partial charge in [0, 0.05) is 42.0 Å². The maximum Gasteiger partial charge on any atom is 0.165 e. The van der Waals surface area contributed by atoms with E-state index in [4.69, 9.17) is 9.47 Å². The second-order valence-electron chi connectivity index (χ2n) is 13.8. The van der Waals surface area contributed by atoms with E-state index in [1.165, 1.54) is 30.5 Å². The normalized spacial score (nSPS) is 43.9. The van der Waals surface area contributed by atoms with Crippen LogP contribution in [0.25, 0.3) is 0 Å². The minimum atomic E-state index is -0.909. The molecule has 2 aliphatic heterocycles. The van der Waals surface area contributed by atoms with Crippen molar-refractivity contribution >= 4 is 0 Å². The molecule has 8 rings (SSSR count). The van der Waals surface area contributed by atoms with Crippen LogP contribution in [0.15, 0.2) is 12.1 Å². The fourth-order valence-corrected chi connectivity index (χ4v) is 9.58. The van der Waals surface area contributed by atoms with Crippen molar-refractivity contribution in [3.05, 3.63) is 23.3 Å². The SMILES string of the molecule is CO[C@@]12CCC3(C[C@@H]1[C@](C)(O)C(C)(C)C)[C@H]1Cc4ccc(O)c5c4C3(CCN1CC1CC1)C2O5. The van der Waals surface area contributed by atoms with Gasteiger partial charge >= 0.3 is 0 Å². The van der Waals surface area contributed by atoms with E-state index < -0.39 is 11.2 Å². The standard InChI is InChI=1S/C29H41NO4/c1-25(2,3)26(4,32)20-15-27-10-11-29(20,33-5)24-28(27)12-13-30(16-17-6-7-17)21(27)14-18-8-9-19(31)23(34-24)22(18)28/h8-9,17,20-21,24,31-32H,6-7,10-16H2,1-5H3/t20-,21-,24?,26+,27?,28?,29+/m1/s1. The third-order valence-electron chi connectivity index (χ3n) is 11.9. The zero-order valence-corrected chi connectivity index (χ0v) is 21.5. The molecule has 5 aliphatic carbocycles. The Balaban J connectivity index is 1.47. The number of likely N-dealkylation sites (tertiary alicyclic amines) is 1. The van der Waals surface area contributed by atoms with Crippen LogP contribution in [0.2, 0.25) is 0 Å². The number of phenols is 1. The van der Waals surface area contributed by atoms with Gasteiger partial charge in [0.15, 0.2) is 11.5 Å². The number of hydrogen-bond acceptors (Lipinski definition) is 5. The first kappa shape index (κ1) is 21.9. The van der Waals surface area contributed by atoms with Gasteiger partial charge in [0.1, 0.15) is 11.7 Å². The number of hydrogen-bond donors (Lipinski definition) is 2. The summed E-state index contributed by atoms with van der Waals surface area (Å²) in [5.41, 5.74) is 0.783. The lowest BCUT2D eigenvalue weighted by Gasteiger charge is -2.75. The maximum absolute atomic E-state index is 12.2. The number of methoxy groups -OCH3 is 1. The number of ether oxygens (including phenoxy) is 2. The largest absolute Gasteiger partial charge is 0.504 e. The number of benzene rings is 1. The molecule has 4 bridgehead atoms. The Morgan fingerprint density at radius 3 is 2.59 bits per heavy atom. The molecule has 1 aromatic rings. The van der Waals surface area contributed by atoms with Crippen LogP contribution in [0.5, 0.6) is 11.5 Å². The van der Waals surface area contributed by atoms with Crippen molar-refractivity contribution in [3.63, 3.8) is 0 Å². The van der Waals surface area contributed by atoms with Crippen molar-refractivity contribution < 1.29 is 19.7 Å². The van der Waals surface area contributed by atoms with Crippen molar-refractivity contribution in [2.45, 2.75) is 101 Å². The first-order valence-electron chi connectivity index (χ1n) is 13.6. The Hall–Kier alpha value is -1.30. The zero-order valence-electron chi connectivity index (χ0n) is 21.5. The first-order valence-corrected chi connectivity index (χ1v) is 13.6. The summed E-state index contributed by atoms with van der Waals surface area (Å²) in [4.78, 5) is 2.82. The van der Waals surface area contributed by atoms with Crippen LogP contribution in [-0.2, 0) is 16.6 Å². The molecule has 186 valence electrons. The average molecular weight is 468 g/mol. The third-order valence-corrected chi connectivity index (χ3v) is 11.9. The van der Waals surface area contributed by atoms with Gasteiger partial charge in [-0.1, -0.05) is 26.8 Å². The van der Waals surface area contributed by atoms with E-state index in [1.807, 2.05) is 20.1 Å². The van der Waals surface area contributed by atoms with Gasteiger partial charge in [-0.05, 0) is 81.4 Å². The van der Waals surface area contributed by atoms with Crippen LogP contribution in [0, 0.1) is 22.7 Å². The molecule has 4 saturated carbocycles. The molecule has 0 radical (unpaired) electrons. The van der Waals surface area contributed by atoms with Crippen LogP contribution < -0.4 is 4.74 Å². The van der Waals surface area contributed by atoms with Crippen molar-refractivity contribution in [1.82, 2.24) is 4.90 Å². The topological polar surface area (TPSA) is 62.2 Å². The molecular weight excluding hydrogens is 426 g/mol. The molecule has 34 heavy (non-hydrogen) atoms. The number of fused-ring (bicyclic) bond motifs is 2.